The van der Waals surface area contributed by atoms with E-state index in [4.69, 9.17) is 4.74 Å². The largest absolute Gasteiger partial charge is 0.493 e. The van der Waals surface area contributed by atoms with Crippen LogP contribution in [0.3, 0.4) is 0 Å². The summed E-state index contributed by atoms with van der Waals surface area (Å²) in [5, 5.41) is 0. The van der Waals surface area contributed by atoms with E-state index in [0.29, 0.717) is 37.4 Å². The molecule has 1 aromatic carbocycles. The van der Waals surface area contributed by atoms with Crippen LogP contribution < -0.4 is 16.0 Å². The van der Waals surface area contributed by atoms with Gasteiger partial charge in [0.2, 0.25) is 5.91 Å². The molecule has 1 amide bonds. The second kappa shape index (κ2) is 8.27. The van der Waals surface area contributed by atoms with Gasteiger partial charge in [0, 0.05) is 59.0 Å². The number of H-pyrrole nitrogens is 2. The van der Waals surface area contributed by atoms with Crippen molar-refractivity contribution in [3.05, 3.63) is 56.0 Å². The van der Waals surface area contributed by atoms with Gasteiger partial charge in [0.1, 0.15) is 17.1 Å². The van der Waals surface area contributed by atoms with Crippen molar-refractivity contribution < 1.29 is 9.53 Å². The molecule has 5 rings (SSSR count). The minimum Gasteiger partial charge on any atom is -0.493 e. The Labute approximate surface area is 183 Å². The third-order valence-corrected chi connectivity index (χ3v) is 6.26. The van der Waals surface area contributed by atoms with Crippen LogP contribution in [-0.2, 0) is 31.2 Å². The molecule has 168 valence electrons. The Balaban J connectivity index is 1.14. The fraction of sp³-hybridized carbons (Fsp3) is 0.455. The van der Waals surface area contributed by atoms with Crippen molar-refractivity contribution in [2.75, 3.05) is 32.8 Å². The number of hydrogen-bond donors (Lipinski definition) is 2. The van der Waals surface area contributed by atoms with E-state index in [1.807, 2.05) is 4.90 Å². The monoisotopic (exact) mass is 438 g/mol. The summed E-state index contributed by atoms with van der Waals surface area (Å²) in [6, 6.07) is 6.41. The lowest BCUT2D eigenvalue weighted by Gasteiger charge is -2.34. The average molecular weight is 438 g/mol. The summed E-state index contributed by atoms with van der Waals surface area (Å²) >= 11 is 0. The maximum Gasteiger partial charge on any atom is 0.329 e. The van der Waals surface area contributed by atoms with Gasteiger partial charge in [-0.05, 0) is 17.2 Å². The standard InChI is InChI=1S/C22H26N6O4/c1-26-20-19(21(30)25-22(26)31)23-17(24-20)4-5-18(29)28-9-7-27(8-10-28)13-14-2-3-16-15(12-14)6-11-32-16/h2-3,12H,4-11,13H2,1H3,(H,23,24)(H,25,30,31). The Hall–Kier alpha value is -3.40. The van der Waals surface area contributed by atoms with Crippen LogP contribution in [0.25, 0.3) is 11.2 Å². The van der Waals surface area contributed by atoms with Crippen molar-refractivity contribution in [3.8, 4) is 5.75 Å². The van der Waals surface area contributed by atoms with Gasteiger partial charge < -0.3 is 14.6 Å². The molecule has 0 atom stereocenters. The van der Waals surface area contributed by atoms with Crippen LogP contribution in [0.15, 0.2) is 27.8 Å². The molecule has 1 saturated heterocycles. The SMILES string of the molecule is Cn1c(=O)[nH]c(=O)c2[nH]c(CCC(=O)N3CCN(Cc4ccc5c(c4)CCO5)CC3)nc21. The zero-order chi connectivity index (χ0) is 22.2. The molecular weight excluding hydrogens is 412 g/mol. The number of amides is 1. The molecule has 10 heteroatoms. The fourth-order valence-electron chi connectivity index (χ4n) is 4.41. The van der Waals surface area contributed by atoms with Gasteiger partial charge in [-0.25, -0.2) is 9.78 Å². The second-order valence-electron chi connectivity index (χ2n) is 8.40. The molecule has 4 heterocycles. The number of aryl methyl sites for hydroxylation is 2. The van der Waals surface area contributed by atoms with Crippen LogP contribution in [0.2, 0.25) is 0 Å². The minimum atomic E-state index is -0.511. The number of piperazine rings is 1. The number of nitrogens with zero attached hydrogens (tertiary/aromatic N) is 4. The van der Waals surface area contributed by atoms with Crippen molar-refractivity contribution in [3.63, 3.8) is 0 Å². The van der Waals surface area contributed by atoms with Crippen LogP contribution >= 0.6 is 0 Å². The molecule has 0 unspecified atom stereocenters. The van der Waals surface area contributed by atoms with E-state index in [1.165, 1.54) is 15.7 Å². The second-order valence-corrected chi connectivity index (χ2v) is 8.40. The smallest absolute Gasteiger partial charge is 0.329 e. The Morgan fingerprint density at radius 3 is 2.78 bits per heavy atom. The summed E-state index contributed by atoms with van der Waals surface area (Å²) in [6.45, 7) is 4.70. The van der Waals surface area contributed by atoms with E-state index in [1.54, 1.807) is 7.05 Å². The van der Waals surface area contributed by atoms with Gasteiger partial charge >= 0.3 is 5.69 Å². The molecule has 0 bridgehead atoms. The summed E-state index contributed by atoms with van der Waals surface area (Å²) in [5.74, 6) is 1.60. The van der Waals surface area contributed by atoms with E-state index in [9.17, 15) is 14.4 Å². The Morgan fingerprint density at radius 1 is 1.16 bits per heavy atom. The lowest BCUT2D eigenvalue weighted by atomic mass is 10.1. The van der Waals surface area contributed by atoms with Crippen molar-refractivity contribution in [1.29, 1.82) is 0 Å². The van der Waals surface area contributed by atoms with Crippen LogP contribution in [-0.4, -0.2) is 68.0 Å². The van der Waals surface area contributed by atoms with E-state index < -0.39 is 11.2 Å². The molecule has 2 N–H and O–H groups in total. The number of aromatic nitrogens is 4. The maximum absolute atomic E-state index is 12.7. The van der Waals surface area contributed by atoms with E-state index in [0.717, 1.165) is 38.4 Å². The molecule has 2 aromatic heterocycles. The first-order valence-corrected chi connectivity index (χ1v) is 10.9. The van der Waals surface area contributed by atoms with Crippen LogP contribution in [0.4, 0.5) is 0 Å². The summed E-state index contributed by atoms with van der Waals surface area (Å²) < 4.78 is 6.86. The lowest BCUT2D eigenvalue weighted by molar-refractivity contribution is -0.133. The summed E-state index contributed by atoms with van der Waals surface area (Å²) in [7, 11) is 1.55. The molecule has 0 spiro atoms. The molecule has 0 aliphatic carbocycles. The predicted octanol–water partition coefficient (Wildman–Crippen LogP) is 0.162. The average Bonchev–Trinajstić information content (AvgIpc) is 3.43. The van der Waals surface area contributed by atoms with Gasteiger partial charge in [-0.3, -0.25) is 24.0 Å². The summed E-state index contributed by atoms with van der Waals surface area (Å²) in [4.78, 5) is 50.1. The first-order chi connectivity index (χ1) is 15.5. The molecule has 0 radical (unpaired) electrons. The third kappa shape index (κ3) is 3.93. The van der Waals surface area contributed by atoms with Crippen LogP contribution in [0, 0.1) is 0 Å². The Bertz CT molecular complexity index is 1280. The first kappa shape index (κ1) is 20.5. The minimum absolute atomic E-state index is 0.0718. The van der Waals surface area contributed by atoms with Crippen molar-refractivity contribution in [2.45, 2.75) is 25.8 Å². The van der Waals surface area contributed by atoms with Gasteiger partial charge in [0.15, 0.2) is 5.65 Å². The highest BCUT2D eigenvalue weighted by Gasteiger charge is 2.22. The number of ether oxygens (including phenoxy) is 1. The van der Waals surface area contributed by atoms with E-state index in [-0.39, 0.29) is 11.4 Å². The topological polar surface area (TPSA) is 116 Å². The molecular formula is C22H26N6O4. The van der Waals surface area contributed by atoms with Gasteiger partial charge in [-0.2, -0.15) is 0 Å². The zero-order valence-electron chi connectivity index (χ0n) is 18.0. The molecule has 2 aliphatic rings. The highest BCUT2D eigenvalue weighted by atomic mass is 16.5. The number of aromatic amines is 2. The number of imidazole rings is 1. The fourth-order valence-corrected chi connectivity index (χ4v) is 4.41. The Kier molecular flexibility index (Phi) is 5.30. The molecule has 10 nitrogen and oxygen atoms in total. The number of carbonyl (C=O) groups excluding carboxylic acids is 1. The van der Waals surface area contributed by atoms with Gasteiger partial charge in [-0.1, -0.05) is 12.1 Å². The highest BCUT2D eigenvalue weighted by Crippen LogP contribution is 2.26. The third-order valence-electron chi connectivity index (χ3n) is 6.26. The van der Waals surface area contributed by atoms with Crippen LogP contribution in [0.5, 0.6) is 5.75 Å². The van der Waals surface area contributed by atoms with Crippen molar-refractivity contribution in [2.24, 2.45) is 7.05 Å². The lowest BCUT2D eigenvalue weighted by Crippen LogP contribution is -2.48. The number of fused-ring (bicyclic) bond motifs is 2. The molecule has 0 saturated carbocycles. The van der Waals surface area contributed by atoms with Crippen molar-refractivity contribution >= 4 is 17.1 Å². The number of benzene rings is 1. The molecule has 3 aromatic rings. The van der Waals surface area contributed by atoms with Gasteiger partial charge in [0.05, 0.1) is 6.61 Å². The molecule has 1 fully saturated rings. The molecule has 2 aliphatic heterocycles. The highest BCUT2D eigenvalue weighted by molar-refractivity contribution is 5.76. The van der Waals surface area contributed by atoms with E-state index >= 15 is 0 Å². The molecule has 32 heavy (non-hydrogen) atoms. The number of rotatable bonds is 5. The van der Waals surface area contributed by atoms with Crippen molar-refractivity contribution in [1.82, 2.24) is 29.3 Å². The zero-order valence-corrected chi connectivity index (χ0v) is 18.0. The summed E-state index contributed by atoms with van der Waals surface area (Å²) in [5.41, 5.74) is 2.10. The quantitative estimate of drug-likeness (QED) is 0.586. The normalized spacial score (nSPS) is 16.3. The number of hydrogen-bond acceptors (Lipinski definition) is 6. The Morgan fingerprint density at radius 2 is 1.97 bits per heavy atom. The van der Waals surface area contributed by atoms with E-state index in [2.05, 4.69) is 38.1 Å². The van der Waals surface area contributed by atoms with Gasteiger partial charge in [0.25, 0.3) is 5.56 Å². The predicted molar refractivity (Wildman–Crippen MR) is 118 cm³/mol. The number of nitrogens with one attached hydrogen (secondary N) is 2. The maximum atomic E-state index is 12.7. The first-order valence-electron chi connectivity index (χ1n) is 10.9. The summed E-state index contributed by atoms with van der Waals surface area (Å²) in [6.07, 6.45) is 1.66. The van der Waals surface area contributed by atoms with Gasteiger partial charge in [-0.15, -0.1) is 0 Å². The van der Waals surface area contributed by atoms with Crippen LogP contribution in [0.1, 0.15) is 23.4 Å². The number of carbonyl (C=O) groups is 1.